The van der Waals surface area contributed by atoms with Gasteiger partial charge in [-0.25, -0.2) is 4.68 Å². The smallest absolute Gasteiger partial charge is 0.233 e. The van der Waals surface area contributed by atoms with Gasteiger partial charge in [0.05, 0.1) is 29.0 Å². The van der Waals surface area contributed by atoms with Crippen molar-refractivity contribution in [3.05, 3.63) is 42.2 Å². The predicted molar refractivity (Wildman–Crippen MR) is 109 cm³/mol. The minimum absolute atomic E-state index is 0.105. The molecule has 3 aromatic rings. The first-order valence-corrected chi connectivity index (χ1v) is 9.97. The number of aromatic nitrogens is 4. The summed E-state index contributed by atoms with van der Waals surface area (Å²) in [6.45, 7) is 1.88. The highest BCUT2D eigenvalue weighted by atomic mass is 16.5. The maximum absolute atomic E-state index is 10.5. The number of rotatable bonds is 4. The predicted octanol–water partition coefficient (Wildman–Crippen LogP) is 2.59. The third-order valence-corrected chi connectivity index (χ3v) is 5.91. The molecule has 2 aromatic heterocycles. The van der Waals surface area contributed by atoms with Crippen molar-refractivity contribution in [1.29, 1.82) is 0 Å². The van der Waals surface area contributed by atoms with E-state index in [1.807, 2.05) is 25.1 Å². The summed E-state index contributed by atoms with van der Waals surface area (Å²) in [6, 6.07) is 10.1. The number of anilines is 1. The fourth-order valence-corrected chi connectivity index (χ4v) is 4.35. The van der Waals surface area contributed by atoms with Gasteiger partial charge in [0, 0.05) is 29.8 Å². The van der Waals surface area contributed by atoms with Gasteiger partial charge in [-0.3, -0.25) is 0 Å². The summed E-state index contributed by atoms with van der Waals surface area (Å²) in [4.78, 5) is 0. The van der Waals surface area contributed by atoms with E-state index in [-0.39, 0.29) is 11.9 Å². The first-order valence-electron chi connectivity index (χ1n) is 9.97. The van der Waals surface area contributed by atoms with Crippen LogP contribution in [-0.2, 0) is 0 Å². The number of benzene rings is 1. The number of phenols is 1. The number of phenolic OH excluding ortho intramolecular Hbond substituents is 1. The van der Waals surface area contributed by atoms with Gasteiger partial charge in [0.15, 0.2) is 0 Å². The summed E-state index contributed by atoms with van der Waals surface area (Å²) >= 11 is 0. The highest BCUT2D eigenvalue weighted by Gasteiger charge is 2.34. The summed E-state index contributed by atoms with van der Waals surface area (Å²) in [6.07, 6.45) is 6.27. The molecule has 2 aliphatic rings. The Balaban J connectivity index is 1.32. The van der Waals surface area contributed by atoms with E-state index in [1.54, 1.807) is 23.0 Å². The molecule has 2 bridgehead atoms. The van der Waals surface area contributed by atoms with E-state index in [1.165, 1.54) is 12.8 Å². The lowest BCUT2D eigenvalue weighted by atomic mass is 10.0. The number of fused-ring (bicyclic) bond motifs is 2. The van der Waals surface area contributed by atoms with Crippen LogP contribution in [0.2, 0.25) is 0 Å². The van der Waals surface area contributed by atoms with Crippen LogP contribution in [-0.4, -0.2) is 43.3 Å². The molecule has 5 rings (SSSR count). The summed E-state index contributed by atoms with van der Waals surface area (Å²) in [5, 5.41) is 26.9. The highest BCUT2D eigenvalue weighted by molar-refractivity contribution is 5.68. The van der Waals surface area contributed by atoms with Crippen molar-refractivity contribution in [3.8, 4) is 28.6 Å². The normalized spacial score (nSPS) is 23.3. The quantitative estimate of drug-likeness (QED) is 0.626. The standard InChI is InChI=1S/C21H24N6O2/c1-12-18(22)11-23-27(12)15-4-5-17(20(28)10-15)19-6-7-21(26-25-19)29-16-8-13-2-3-14(9-16)24-13/h4-7,10-11,13-14,16,24,28H,2-3,8-9,22H2,1H3/t13-,14+,16-. The second kappa shape index (κ2) is 7.04. The zero-order chi connectivity index (χ0) is 20.0. The van der Waals surface area contributed by atoms with Crippen LogP contribution in [0, 0.1) is 6.92 Å². The van der Waals surface area contributed by atoms with Gasteiger partial charge >= 0.3 is 0 Å². The zero-order valence-corrected chi connectivity index (χ0v) is 16.2. The molecule has 3 atom stereocenters. The monoisotopic (exact) mass is 392 g/mol. The molecule has 0 radical (unpaired) electrons. The lowest BCUT2D eigenvalue weighted by Gasteiger charge is -2.28. The largest absolute Gasteiger partial charge is 0.507 e. The molecule has 2 fully saturated rings. The van der Waals surface area contributed by atoms with E-state index in [0.717, 1.165) is 24.2 Å². The van der Waals surface area contributed by atoms with E-state index < -0.39 is 0 Å². The Labute approximate surface area is 168 Å². The van der Waals surface area contributed by atoms with Crippen molar-refractivity contribution in [3.63, 3.8) is 0 Å². The van der Waals surface area contributed by atoms with Crippen molar-refractivity contribution in [2.24, 2.45) is 0 Å². The van der Waals surface area contributed by atoms with Gasteiger partial charge < -0.3 is 20.9 Å². The Morgan fingerprint density at radius 1 is 1.14 bits per heavy atom. The van der Waals surface area contributed by atoms with Gasteiger partial charge in [0.1, 0.15) is 11.9 Å². The third kappa shape index (κ3) is 3.40. The van der Waals surface area contributed by atoms with E-state index in [4.69, 9.17) is 10.5 Å². The number of nitrogens with one attached hydrogen (secondary N) is 1. The Hall–Kier alpha value is -3.13. The van der Waals surface area contributed by atoms with E-state index in [2.05, 4.69) is 20.6 Å². The molecular formula is C21H24N6O2. The van der Waals surface area contributed by atoms with Gasteiger partial charge in [-0.2, -0.15) is 5.10 Å². The van der Waals surface area contributed by atoms with Crippen molar-refractivity contribution >= 4 is 5.69 Å². The van der Waals surface area contributed by atoms with E-state index in [0.29, 0.717) is 34.9 Å². The molecule has 0 saturated carbocycles. The molecule has 2 saturated heterocycles. The van der Waals surface area contributed by atoms with Crippen LogP contribution in [0.1, 0.15) is 31.4 Å². The van der Waals surface area contributed by atoms with E-state index >= 15 is 0 Å². The highest BCUT2D eigenvalue weighted by Crippen LogP contribution is 2.32. The molecule has 8 heteroatoms. The number of piperidine rings is 1. The molecule has 4 N–H and O–H groups in total. The fraction of sp³-hybridized carbons (Fsp3) is 0.381. The van der Waals surface area contributed by atoms with Crippen LogP contribution in [0.5, 0.6) is 11.6 Å². The molecular weight excluding hydrogens is 368 g/mol. The fourth-order valence-electron chi connectivity index (χ4n) is 4.35. The molecule has 150 valence electrons. The van der Waals surface area contributed by atoms with Crippen LogP contribution in [0.3, 0.4) is 0 Å². The summed E-state index contributed by atoms with van der Waals surface area (Å²) in [7, 11) is 0. The Bertz CT molecular complexity index is 1020. The third-order valence-electron chi connectivity index (χ3n) is 5.91. The number of ether oxygens (including phenoxy) is 1. The average molecular weight is 392 g/mol. The minimum atomic E-state index is 0.105. The molecule has 4 heterocycles. The number of hydrogen-bond acceptors (Lipinski definition) is 7. The molecule has 0 amide bonds. The number of hydrogen-bond donors (Lipinski definition) is 3. The lowest BCUT2D eigenvalue weighted by Crippen LogP contribution is -2.42. The van der Waals surface area contributed by atoms with E-state index in [9.17, 15) is 5.11 Å². The van der Waals surface area contributed by atoms with Gasteiger partial charge in [0.25, 0.3) is 0 Å². The molecule has 0 spiro atoms. The van der Waals surface area contributed by atoms with Gasteiger partial charge in [-0.05, 0) is 50.8 Å². The Kier molecular flexibility index (Phi) is 4.35. The Morgan fingerprint density at radius 3 is 2.55 bits per heavy atom. The number of nitrogens with zero attached hydrogens (tertiary/aromatic N) is 4. The van der Waals surface area contributed by atoms with Crippen molar-refractivity contribution in [2.75, 3.05) is 5.73 Å². The molecule has 8 nitrogen and oxygen atoms in total. The first kappa shape index (κ1) is 17.9. The molecule has 29 heavy (non-hydrogen) atoms. The summed E-state index contributed by atoms with van der Waals surface area (Å²) < 4.78 is 7.74. The van der Waals surface area contributed by atoms with Crippen molar-refractivity contribution < 1.29 is 9.84 Å². The SMILES string of the molecule is Cc1c(N)cnn1-c1ccc(-c2ccc(O[C@@H]3C[C@H]4CC[C@@H](C3)N4)nn2)c(O)c1. The van der Waals surface area contributed by atoms with Crippen LogP contribution < -0.4 is 15.8 Å². The van der Waals surface area contributed by atoms with Crippen LogP contribution in [0.15, 0.2) is 36.5 Å². The van der Waals surface area contributed by atoms with Gasteiger partial charge in [-0.1, -0.05) is 0 Å². The van der Waals surface area contributed by atoms with Gasteiger partial charge in [0.2, 0.25) is 5.88 Å². The molecule has 1 aromatic carbocycles. The van der Waals surface area contributed by atoms with Crippen molar-refractivity contribution in [2.45, 2.75) is 50.8 Å². The lowest BCUT2D eigenvalue weighted by molar-refractivity contribution is 0.130. The number of nitrogen functional groups attached to an aromatic ring is 1. The molecule has 2 aliphatic heterocycles. The minimum Gasteiger partial charge on any atom is -0.507 e. The molecule has 0 unspecified atom stereocenters. The van der Waals surface area contributed by atoms with Crippen LogP contribution in [0.25, 0.3) is 16.9 Å². The van der Waals surface area contributed by atoms with Crippen LogP contribution in [0.4, 0.5) is 5.69 Å². The van der Waals surface area contributed by atoms with Gasteiger partial charge in [-0.15, -0.1) is 10.2 Å². The summed E-state index contributed by atoms with van der Waals surface area (Å²) in [5.41, 5.74) is 9.21. The Morgan fingerprint density at radius 2 is 1.93 bits per heavy atom. The first-order chi connectivity index (χ1) is 14.1. The van der Waals surface area contributed by atoms with Crippen molar-refractivity contribution in [1.82, 2.24) is 25.3 Å². The maximum Gasteiger partial charge on any atom is 0.233 e. The van der Waals surface area contributed by atoms with Crippen LogP contribution >= 0.6 is 0 Å². The topological polar surface area (TPSA) is 111 Å². The maximum atomic E-state index is 10.5. The second-order valence-electron chi connectivity index (χ2n) is 7.90. The number of aromatic hydroxyl groups is 1. The average Bonchev–Trinajstić information content (AvgIpc) is 3.23. The molecule has 0 aliphatic carbocycles. The second-order valence-corrected chi connectivity index (χ2v) is 7.90. The number of nitrogens with two attached hydrogens (primary N) is 1. The zero-order valence-electron chi connectivity index (χ0n) is 16.2. The summed E-state index contributed by atoms with van der Waals surface area (Å²) in [5.74, 6) is 0.632.